The Bertz CT molecular complexity index is 375. The van der Waals surface area contributed by atoms with Gasteiger partial charge in [0.1, 0.15) is 0 Å². The Labute approximate surface area is 93.3 Å². The minimum Gasteiger partial charge on any atom is -0.302 e. The van der Waals surface area contributed by atoms with Crippen LogP contribution >= 0.6 is 11.3 Å². The van der Waals surface area contributed by atoms with Crippen molar-refractivity contribution in [2.45, 2.75) is 26.8 Å². The molecule has 0 aliphatic carbocycles. The molecule has 0 radical (unpaired) electrons. The normalized spacial score (nSPS) is 16.1. The minimum absolute atomic E-state index is 0.0477. The van der Waals surface area contributed by atoms with Gasteiger partial charge >= 0.3 is 0 Å². The molecule has 0 unspecified atom stereocenters. The Morgan fingerprint density at radius 2 is 2.47 bits per heavy atom. The number of hydrogen-bond acceptors (Lipinski definition) is 4. The van der Waals surface area contributed by atoms with Crippen molar-refractivity contribution < 1.29 is 4.79 Å². The number of rotatable bonds is 2. The van der Waals surface area contributed by atoms with Gasteiger partial charge in [-0.2, -0.15) is 0 Å². The van der Waals surface area contributed by atoms with Crippen molar-refractivity contribution in [2.75, 3.05) is 18.4 Å². The fraction of sp³-hybridized carbons (Fsp3) is 0.600. The predicted molar refractivity (Wildman–Crippen MR) is 61.1 cm³/mol. The molecule has 0 saturated carbocycles. The van der Waals surface area contributed by atoms with Crippen LogP contribution in [0.2, 0.25) is 0 Å². The zero-order chi connectivity index (χ0) is 10.8. The second-order valence-corrected chi connectivity index (χ2v) is 4.77. The number of aromatic nitrogens is 1. The number of likely N-dealkylation sites (N-methyl/N-ethyl adjacent to an activating group) is 1. The minimum atomic E-state index is -0.0477. The molecule has 15 heavy (non-hydrogen) atoms. The zero-order valence-corrected chi connectivity index (χ0v) is 9.86. The van der Waals surface area contributed by atoms with Crippen molar-refractivity contribution in [2.24, 2.45) is 0 Å². The Morgan fingerprint density at radius 3 is 3.13 bits per heavy atom. The number of amides is 1. The maximum atomic E-state index is 10.9. The van der Waals surface area contributed by atoms with Gasteiger partial charge in [-0.05, 0) is 6.54 Å². The van der Waals surface area contributed by atoms with E-state index in [9.17, 15) is 4.79 Å². The molecule has 0 fully saturated rings. The van der Waals surface area contributed by atoms with Gasteiger partial charge in [0, 0.05) is 31.3 Å². The molecule has 0 atom stereocenters. The van der Waals surface area contributed by atoms with Crippen molar-refractivity contribution in [1.29, 1.82) is 0 Å². The fourth-order valence-electron chi connectivity index (χ4n) is 1.72. The third-order valence-corrected chi connectivity index (χ3v) is 3.54. The average Bonchev–Trinajstić information content (AvgIpc) is 2.57. The highest BCUT2D eigenvalue weighted by Gasteiger charge is 2.19. The first-order chi connectivity index (χ1) is 7.19. The summed E-state index contributed by atoms with van der Waals surface area (Å²) < 4.78 is 0. The second-order valence-electron chi connectivity index (χ2n) is 3.69. The summed E-state index contributed by atoms with van der Waals surface area (Å²) in [5, 5.41) is 3.49. The van der Waals surface area contributed by atoms with Gasteiger partial charge < -0.3 is 5.32 Å². The smallest absolute Gasteiger partial charge is 0.223 e. The molecular formula is C10H15N3OS. The van der Waals surface area contributed by atoms with Crippen LogP contribution in [0.1, 0.15) is 24.4 Å². The van der Waals surface area contributed by atoms with Gasteiger partial charge in [0.2, 0.25) is 5.91 Å². The van der Waals surface area contributed by atoms with Gasteiger partial charge in [-0.3, -0.25) is 9.69 Å². The van der Waals surface area contributed by atoms with Gasteiger partial charge in [0.05, 0.1) is 5.69 Å². The van der Waals surface area contributed by atoms with Crippen molar-refractivity contribution >= 4 is 22.4 Å². The van der Waals surface area contributed by atoms with Gasteiger partial charge in [0.25, 0.3) is 0 Å². The van der Waals surface area contributed by atoms with E-state index in [2.05, 4.69) is 22.1 Å². The summed E-state index contributed by atoms with van der Waals surface area (Å²) in [7, 11) is 0. The first-order valence-corrected chi connectivity index (χ1v) is 5.99. The first-order valence-electron chi connectivity index (χ1n) is 5.17. The molecule has 1 N–H and O–H groups in total. The molecular weight excluding hydrogens is 210 g/mol. The molecule has 0 aromatic carbocycles. The molecule has 82 valence electrons. The van der Waals surface area contributed by atoms with Crippen molar-refractivity contribution in [1.82, 2.24) is 9.88 Å². The van der Waals surface area contributed by atoms with Gasteiger partial charge in [-0.15, -0.1) is 11.3 Å². The molecule has 0 bridgehead atoms. The lowest BCUT2D eigenvalue weighted by Crippen LogP contribution is -2.29. The molecule has 1 aliphatic rings. The average molecular weight is 225 g/mol. The number of hydrogen-bond donors (Lipinski definition) is 1. The molecule has 0 spiro atoms. The number of carbonyl (C=O) groups is 1. The quantitative estimate of drug-likeness (QED) is 0.829. The van der Waals surface area contributed by atoms with E-state index in [1.54, 1.807) is 11.3 Å². The van der Waals surface area contributed by atoms with Crippen LogP contribution in [0.15, 0.2) is 0 Å². The third kappa shape index (κ3) is 2.35. The summed E-state index contributed by atoms with van der Waals surface area (Å²) in [4.78, 5) is 19.0. The highest BCUT2D eigenvalue weighted by molar-refractivity contribution is 7.15. The molecule has 2 heterocycles. The first kappa shape index (κ1) is 10.6. The standard InChI is InChI=1S/C10H15N3OS/c1-3-13-5-4-8-9(6-13)15-10(12-8)11-7(2)14/h3-6H2,1-2H3,(H,11,12,14). The Morgan fingerprint density at radius 1 is 1.67 bits per heavy atom. The topological polar surface area (TPSA) is 45.2 Å². The van der Waals surface area contributed by atoms with E-state index in [-0.39, 0.29) is 5.91 Å². The lowest BCUT2D eigenvalue weighted by Gasteiger charge is -2.23. The zero-order valence-electron chi connectivity index (χ0n) is 9.04. The Balaban J connectivity index is 2.14. The van der Waals surface area contributed by atoms with Crippen LogP contribution in [0.3, 0.4) is 0 Å². The van der Waals surface area contributed by atoms with Crippen LogP contribution in [0.4, 0.5) is 5.13 Å². The summed E-state index contributed by atoms with van der Waals surface area (Å²) in [6.45, 7) is 6.81. The lowest BCUT2D eigenvalue weighted by molar-refractivity contribution is -0.114. The molecule has 4 nitrogen and oxygen atoms in total. The maximum Gasteiger partial charge on any atom is 0.223 e. The number of anilines is 1. The van der Waals surface area contributed by atoms with E-state index in [0.717, 1.165) is 36.9 Å². The molecule has 5 heteroatoms. The molecule has 1 aliphatic heterocycles. The highest BCUT2D eigenvalue weighted by Crippen LogP contribution is 2.27. The van der Waals surface area contributed by atoms with Gasteiger partial charge in [0.15, 0.2) is 5.13 Å². The largest absolute Gasteiger partial charge is 0.302 e. The summed E-state index contributed by atoms with van der Waals surface area (Å²) >= 11 is 1.60. The SMILES string of the molecule is CCN1CCc2nc(NC(C)=O)sc2C1. The van der Waals surface area contributed by atoms with E-state index >= 15 is 0 Å². The molecule has 1 amide bonds. The monoisotopic (exact) mass is 225 g/mol. The summed E-state index contributed by atoms with van der Waals surface area (Å²) in [5.74, 6) is -0.0477. The van der Waals surface area contributed by atoms with Gasteiger partial charge in [-0.25, -0.2) is 4.98 Å². The fourth-order valence-corrected chi connectivity index (χ4v) is 2.82. The lowest BCUT2D eigenvalue weighted by atomic mass is 10.2. The van der Waals surface area contributed by atoms with Crippen LogP contribution in [0.25, 0.3) is 0 Å². The van der Waals surface area contributed by atoms with E-state index in [1.807, 2.05) is 0 Å². The van der Waals surface area contributed by atoms with Gasteiger partial charge in [-0.1, -0.05) is 6.92 Å². The van der Waals surface area contributed by atoms with Crippen molar-refractivity contribution in [3.63, 3.8) is 0 Å². The molecule has 0 saturated heterocycles. The van der Waals surface area contributed by atoms with Crippen molar-refractivity contribution in [3.8, 4) is 0 Å². The van der Waals surface area contributed by atoms with E-state index in [4.69, 9.17) is 0 Å². The highest BCUT2D eigenvalue weighted by atomic mass is 32.1. The Kier molecular flexibility index (Phi) is 3.02. The van der Waals surface area contributed by atoms with E-state index in [0.29, 0.717) is 0 Å². The molecule has 1 aromatic rings. The second kappa shape index (κ2) is 4.28. The summed E-state index contributed by atoms with van der Waals surface area (Å²) in [6, 6.07) is 0. The number of nitrogens with one attached hydrogen (secondary N) is 1. The van der Waals surface area contributed by atoms with Crippen LogP contribution in [0.5, 0.6) is 0 Å². The number of thiazole rings is 1. The van der Waals surface area contributed by atoms with Crippen LogP contribution < -0.4 is 5.32 Å². The van der Waals surface area contributed by atoms with Crippen molar-refractivity contribution in [3.05, 3.63) is 10.6 Å². The molecule has 2 rings (SSSR count). The molecule has 1 aromatic heterocycles. The maximum absolute atomic E-state index is 10.9. The number of fused-ring (bicyclic) bond motifs is 1. The Hall–Kier alpha value is -0.940. The predicted octanol–water partition coefficient (Wildman–Crippen LogP) is 1.48. The van der Waals surface area contributed by atoms with E-state index in [1.165, 1.54) is 11.8 Å². The third-order valence-electron chi connectivity index (χ3n) is 2.54. The number of carbonyl (C=O) groups excluding carboxylic acids is 1. The number of nitrogens with zero attached hydrogens (tertiary/aromatic N) is 2. The summed E-state index contributed by atoms with van der Waals surface area (Å²) in [5.41, 5.74) is 1.16. The van der Waals surface area contributed by atoms with Crippen LogP contribution in [-0.4, -0.2) is 28.9 Å². The summed E-state index contributed by atoms with van der Waals surface area (Å²) in [6.07, 6.45) is 0.999. The van der Waals surface area contributed by atoms with Crippen LogP contribution in [-0.2, 0) is 17.8 Å². The van der Waals surface area contributed by atoms with E-state index < -0.39 is 0 Å². The van der Waals surface area contributed by atoms with Crippen LogP contribution in [0, 0.1) is 0 Å².